The van der Waals surface area contributed by atoms with Crippen LogP contribution in [0.25, 0.3) is 0 Å². The van der Waals surface area contributed by atoms with Crippen molar-refractivity contribution in [1.29, 1.82) is 0 Å². The smallest absolute Gasteiger partial charge is 0.303 e. The number of unbranched alkanes of at least 4 members (excludes halogenated alkanes) is 2. The lowest BCUT2D eigenvalue weighted by Gasteiger charge is -2.34. The van der Waals surface area contributed by atoms with Crippen molar-refractivity contribution in [2.45, 2.75) is 57.9 Å². The molecule has 1 fully saturated rings. The van der Waals surface area contributed by atoms with Gasteiger partial charge in [-0.1, -0.05) is 18.1 Å². The van der Waals surface area contributed by atoms with Crippen LogP contribution in [0.15, 0.2) is 63.6 Å². The van der Waals surface area contributed by atoms with Crippen molar-refractivity contribution in [3.63, 3.8) is 0 Å². The largest absolute Gasteiger partial charge is 0.481 e. The zero-order valence-electron chi connectivity index (χ0n) is 22.1. The molecule has 0 aliphatic carbocycles. The van der Waals surface area contributed by atoms with E-state index >= 15 is 0 Å². The van der Waals surface area contributed by atoms with Gasteiger partial charge >= 0.3 is 5.97 Å². The highest BCUT2D eigenvalue weighted by atomic mass is 35.5. The number of hydrogen-bond acceptors (Lipinski definition) is 6. The Morgan fingerprint density at radius 1 is 1.26 bits per heavy atom. The molecule has 1 saturated heterocycles. The van der Waals surface area contributed by atoms with E-state index in [1.165, 1.54) is 0 Å². The van der Waals surface area contributed by atoms with Gasteiger partial charge in [-0.2, -0.15) is 0 Å². The average molecular weight is 565 g/mol. The SMILES string of the molecule is CC#C/C=C(C=Nc1ccc(C(=O)N2CCCCC2c2nccs2)cc1N=CCCCCC(=O)O)\C=C/CCl. The number of aliphatic carboxylic acids is 1. The molecule has 1 atom stereocenters. The Morgan fingerprint density at radius 2 is 2.13 bits per heavy atom. The van der Waals surface area contributed by atoms with E-state index < -0.39 is 5.97 Å². The first-order valence-electron chi connectivity index (χ1n) is 13.0. The summed E-state index contributed by atoms with van der Waals surface area (Å²) < 4.78 is 0. The molecule has 1 N–H and O–H groups in total. The van der Waals surface area contributed by atoms with E-state index in [4.69, 9.17) is 16.7 Å². The maximum Gasteiger partial charge on any atom is 0.303 e. The Kier molecular flexibility index (Phi) is 12.6. The second-order valence-electron chi connectivity index (χ2n) is 8.89. The molecule has 1 aromatic heterocycles. The average Bonchev–Trinajstić information content (AvgIpc) is 3.49. The zero-order valence-corrected chi connectivity index (χ0v) is 23.6. The maximum absolute atomic E-state index is 13.7. The molecule has 9 heteroatoms. The minimum atomic E-state index is -0.802. The molecule has 2 heterocycles. The molecular weight excluding hydrogens is 532 g/mol. The number of nitrogens with zero attached hydrogens (tertiary/aromatic N) is 4. The van der Waals surface area contributed by atoms with Gasteiger partial charge in [0, 0.05) is 54.0 Å². The Bertz CT molecular complexity index is 1290. The van der Waals surface area contributed by atoms with E-state index in [-0.39, 0.29) is 18.4 Å². The topological polar surface area (TPSA) is 95.2 Å². The number of piperidine rings is 1. The normalized spacial score (nSPS) is 16.2. The van der Waals surface area contributed by atoms with Crippen molar-refractivity contribution in [3.8, 4) is 11.8 Å². The van der Waals surface area contributed by atoms with Crippen molar-refractivity contribution in [1.82, 2.24) is 9.88 Å². The Balaban J connectivity index is 1.89. The number of halogens is 1. The molecule has 0 radical (unpaired) electrons. The second kappa shape index (κ2) is 16.4. The number of benzene rings is 1. The highest BCUT2D eigenvalue weighted by Gasteiger charge is 2.30. The van der Waals surface area contributed by atoms with Gasteiger partial charge in [0.25, 0.3) is 5.91 Å². The number of carboxylic acids is 1. The van der Waals surface area contributed by atoms with Crippen LogP contribution in [0.1, 0.15) is 73.3 Å². The summed E-state index contributed by atoms with van der Waals surface area (Å²) >= 11 is 7.38. The Labute approximate surface area is 239 Å². The van der Waals surface area contributed by atoms with Gasteiger partial charge in [-0.3, -0.25) is 19.6 Å². The van der Waals surface area contributed by atoms with Gasteiger partial charge in [0.2, 0.25) is 0 Å². The van der Waals surface area contributed by atoms with Gasteiger partial charge in [-0.15, -0.1) is 28.9 Å². The number of carbonyl (C=O) groups is 2. The molecule has 1 aliphatic rings. The fourth-order valence-electron chi connectivity index (χ4n) is 4.15. The fourth-order valence-corrected chi connectivity index (χ4v) is 5.02. The van der Waals surface area contributed by atoms with Gasteiger partial charge in [-0.05, 0) is 69.7 Å². The van der Waals surface area contributed by atoms with Gasteiger partial charge in [0.05, 0.1) is 17.4 Å². The molecule has 3 rings (SSSR count). The summed E-state index contributed by atoms with van der Waals surface area (Å²) in [6.45, 7) is 2.45. The number of alkyl halides is 1. The van der Waals surface area contributed by atoms with Crippen LogP contribution in [0.3, 0.4) is 0 Å². The highest BCUT2D eigenvalue weighted by molar-refractivity contribution is 7.09. The number of thiazole rings is 1. The van der Waals surface area contributed by atoms with Crippen molar-refractivity contribution in [2.24, 2.45) is 9.98 Å². The monoisotopic (exact) mass is 564 g/mol. The van der Waals surface area contributed by atoms with E-state index in [2.05, 4.69) is 26.8 Å². The van der Waals surface area contributed by atoms with Crippen molar-refractivity contribution in [3.05, 3.63) is 64.1 Å². The van der Waals surface area contributed by atoms with Crippen LogP contribution < -0.4 is 0 Å². The van der Waals surface area contributed by atoms with Crippen LogP contribution in [0.5, 0.6) is 0 Å². The van der Waals surface area contributed by atoms with Gasteiger partial charge in [0.1, 0.15) is 5.01 Å². The number of aromatic nitrogens is 1. The van der Waals surface area contributed by atoms with Crippen molar-refractivity contribution >= 4 is 58.6 Å². The second-order valence-corrected chi connectivity index (χ2v) is 10.1. The summed E-state index contributed by atoms with van der Waals surface area (Å²) in [5.74, 6) is 5.28. The van der Waals surface area contributed by atoms with Gasteiger partial charge in [0.15, 0.2) is 0 Å². The molecular formula is C30H33ClN4O3S. The third-order valence-corrected chi connectivity index (χ3v) is 7.12. The van der Waals surface area contributed by atoms with Crippen LogP contribution in [0.2, 0.25) is 0 Å². The van der Waals surface area contributed by atoms with Crippen molar-refractivity contribution in [2.75, 3.05) is 12.4 Å². The third kappa shape index (κ3) is 9.61. The molecule has 1 aromatic carbocycles. The third-order valence-electron chi connectivity index (χ3n) is 6.06. The predicted molar refractivity (Wildman–Crippen MR) is 160 cm³/mol. The van der Waals surface area contributed by atoms with E-state index in [9.17, 15) is 9.59 Å². The number of carboxylic acid groups (broad SMARTS) is 1. The van der Waals surface area contributed by atoms with Crippen LogP contribution >= 0.6 is 22.9 Å². The Morgan fingerprint density at radius 3 is 2.87 bits per heavy atom. The number of allylic oxidation sites excluding steroid dienone is 4. The summed E-state index contributed by atoms with van der Waals surface area (Å²) in [5, 5.41) is 11.8. The lowest BCUT2D eigenvalue weighted by Crippen LogP contribution is -2.38. The van der Waals surface area contributed by atoms with E-state index in [1.807, 2.05) is 22.4 Å². The van der Waals surface area contributed by atoms with E-state index in [0.717, 1.165) is 29.8 Å². The standard InChI is InChI=1S/C30H33ClN4O3S/c1-2-3-10-23(11-9-16-31)22-34-25-15-14-24(21-26(25)32-17-7-4-5-13-28(36)37)30(38)35-19-8-6-12-27(35)29-33-18-20-39-29/h9-11,14-15,17-18,20-22,27H,4-8,12-13,16,19H2,1H3,(H,36,37)/b11-9-,23-10+,32-17?,34-22?. The summed E-state index contributed by atoms with van der Waals surface area (Å²) in [6.07, 6.45) is 15.6. The molecule has 204 valence electrons. The number of amides is 1. The summed E-state index contributed by atoms with van der Waals surface area (Å²) in [4.78, 5) is 40.1. The van der Waals surface area contributed by atoms with Crippen LogP contribution in [-0.4, -0.2) is 51.7 Å². The molecule has 39 heavy (non-hydrogen) atoms. The molecule has 0 saturated carbocycles. The number of rotatable bonds is 12. The minimum absolute atomic E-state index is 0.0220. The minimum Gasteiger partial charge on any atom is -0.481 e. The van der Waals surface area contributed by atoms with Gasteiger partial charge < -0.3 is 10.0 Å². The van der Waals surface area contributed by atoms with Crippen LogP contribution in [-0.2, 0) is 4.79 Å². The lowest BCUT2D eigenvalue weighted by molar-refractivity contribution is -0.137. The summed E-state index contributed by atoms with van der Waals surface area (Å²) in [6, 6.07) is 5.35. The molecule has 2 aromatic rings. The number of aliphatic imine (C=N–C) groups is 2. The number of likely N-dealkylation sites (tertiary alicyclic amines) is 1. The first-order valence-corrected chi connectivity index (χ1v) is 14.4. The molecule has 1 unspecified atom stereocenters. The maximum atomic E-state index is 13.7. The number of hydrogen-bond donors (Lipinski definition) is 1. The highest BCUT2D eigenvalue weighted by Crippen LogP contribution is 2.35. The lowest BCUT2D eigenvalue weighted by atomic mass is 10.0. The van der Waals surface area contributed by atoms with Crippen LogP contribution in [0, 0.1) is 11.8 Å². The first kappa shape index (κ1) is 30.0. The first-order chi connectivity index (χ1) is 19.0. The molecule has 7 nitrogen and oxygen atoms in total. The summed E-state index contributed by atoms with van der Waals surface area (Å²) in [5.41, 5.74) is 2.51. The molecule has 1 aliphatic heterocycles. The predicted octanol–water partition coefficient (Wildman–Crippen LogP) is 7.30. The van der Waals surface area contributed by atoms with E-state index in [1.54, 1.807) is 61.2 Å². The Hall–Kier alpha value is -3.54. The number of carbonyl (C=O) groups excluding carboxylic acids is 1. The van der Waals surface area contributed by atoms with Crippen LogP contribution in [0.4, 0.5) is 11.4 Å². The van der Waals surface area contributed by atoms with Gasteiger partial charge in [-0.25, -0.2) is 4.98 Å². The molecule has 0 bridgehead atoms. The van der Waals surface area contributed by atoms with Crippen molar-refractivity contribution < 1.29 is 14.7 Å². The molecule has 0 spiro atoms. The summed E-state index contributed by atoms with van der Waals surface area (Å²) in [7, 11) is 0. The zero-order chi connectivity index (χ0) is 27.9. The molecule has 1 amide bonds. The van der Waals surface area contributed by atoms with E-state index in [0.29, 0.717) is 48.6 Å². The quantitative estimate of drug-likeness (QED) is 0.0961. The fraction of sp³-hybridized carbons (Fsp3) is 0.367.